The highest BCUT2D eigenvalue weighted by molar-refractivity contribution is 14.1. The molecule has 184 valence electrons. The molecule has 0 N–H and O–H groups in total. The Kier molecular flexibility index (Phi) is 7.48. The fraction of sp³-hybridized carbons (Fsp3) is 0.320. The third-order valence-electron chi connectivity index (χ3n) is 5.95. The van der Waals surface area contributed by atoms with Gasteiger partial charge < -0.3 is 14.2 Å². The molecule has 1 saturated heterocycles. The van der Waals surface area contributed by atoms with Crippen LogP contribution in [0.2, 0.25) is 0 Å². The van der Waals surface area contributed by atoms with Gasteiger partial charge in [0.2, 0.25) is 0 Å². The van der Waals surface area contributed by atoms with Crippen molar-refractivity contribution in [1.29, 1.82) is 0 Å². The van der Waals surface area contributed by atoms with Crippen LogP contribution in [0.4, 0.5) is 13.2 Å². The Morgan fingerprint density at radius 1 is 1.14 bits per heavy atom. The standard InChI is InChI=1S/C25H20F3IO6/c26-25(27,28)15-6-9-19(29)22(10-15)33-13-16(30)7-8-17-18-11-23(31)34-21(18)12-20(17)35-24(32)14-4-2-1-3-5-14/h1-10,17-18,20-21H,11-13H2/b8-7+/t17-,18-,20-,21+/m1/s1. The number of hydrogen-bond donors (Lipinski definition) is 0. The van der Waals surface area contributed by atoms with Crippen LogP contribution in [0.3, 0.4) is 0 Å². The van der Waals surface area contributed by atoms with E-state index in [0.717, 1.165) is 12.1 Å². The van der Waals surface area contributed by atoms with Gasteiger partial charge in [-0.05, 0) is 59.0 Å². The van der Waals surface area contributed by atoms with Gasteiger partial charge in [-0.15, -0.1) is 0 Å². The number of ketones is 1. The van der Waals surface area contributed by atoms with Crippen molar-refractivity contribution < 1.29 is 41.8 Å². The smallest absolute Gasteiger partial charge is 0.416 e. The van der Waals surface area contributed by atoms with E-state index >= 15 is 0 Å². The topological polar surface area (TPSA) is 78.9 Å². The third-order valence-corrected chi connectivity index (χ3v) is 6.84. The first-order chi connectivity index (χ1) is 16.6. The summed E-state index contributed by atoms with van der Waals surface area (Å²) in [5.74, 6) is -2.08. The van der Waals surface area contributed by atoms with Crippen molar-refractivity contribution in [2.75, 3.05) is 6.61 Å². The first-order valence-corrected chi connectivity index (χ1v) is 11.9. The molecule has 1 aliphatic heterocycles. The number of benzene rings is 2. The molecule has 35 heavy (non-hydrogen) atoms. The van der Waals surface area contributed by atoms with Gasteiger partial charge in [-0.2, -0.15) is 13.2 Å². The van der Waals surface area contributed by atoms with Crippen LogP contribution in [0, 0.1) is 15.4 Å². The van der Waals surface area contributed by atoms with Crippen LogP contribution in [0.15, 0.2) is 60.7 Å². The molecule has 0 bridgehead atoms. The minimum atomic E-state index is -4.53. The molecule has 2 fully saturated rings. The lowest BCUT2D eigenvalue weighted by molar-refractivity contribution is -0.142. The molecule has 0 unspecified atom stereocenters. The zero-order valence-electron chi connectivity index (χ0n) is 18.2. The van der Waals surface area contributed by atoms with E-state index in [1.54, 1.807) is 36.4 Å². The molecule has 2 aromatic carbocycles. The summed E-state index contributed by atoms with van der Waals surface area (Å²) in [4.78, 5) is 36.7. The molecular formula is C25H20F3IO6. The number of fused-ring (bicyclic) bond motifs is 1. The second kappa shape index (κ2) is 10.4. The Balaban J connectivity index is 1.43. The lowest BCUT2D eigenvalue weighted by Crippen LogP contribution is -2.25. The number of carbonyl (C=O) groups excluding carboxylic acids is 3. The van der Waals surface area contributed by atoms with Gasteiger partial charge >= 0.3 is 18.1 Å². The summed E-state index contributed by atoms with van der Waals surface area (Å²) in [6.07, 6.45) is -2.26. The number of alkyl halides is 3. The van der Waals surface area contributed by atoms with E-state index in [-0.39, 0.29) is 24.1 Å². The molecule has 6 nitrogen and oxygen atoms in total. The Morgan fingerprint density at radius 2 is 1.89 bits per heavy atom. The molecule has 0 aromatic heterocycles. The SMILES string of the molecule is O=C(/C=C/[C@@H]1[C@H]2CC(=O)O[C@H]2C[C@H]1OC(=O)c1ccccc1)COc1cc(C(F)(F)F)ccc1I. The fourth-order valence-electron chi connectivity index (χ4n) is 4.28. The van der Waals surface area contributed by atoms with Crippen LogP contribution in [0.1, 0.15) is 28.8 Å². The maximum absolute atomic E-state index is 13.0. The Bertz CT molecular complexity index is 1150. The molecule has 0 radical (unpaired) electrons. The molecule has 0 spiro atoms. The average molecular weight is 600 g/mol. The highest BCUT2D eigenvalue weighted by Crippen LogP contribution is 2.43. The molecule has 1 saturated carbocycles. The molecule has 2 aliphatic rings. The second-order valence-electron chi connectivity index (χ2n) is 8.28. The van der Waals surface area contributed by atoms with Gasteiger partial charge in [0.1, 0.15) is 18.0 Å². The normalized spacial score (nSPS) is 23.7. The van der Waals surface area contributed by atoms with Crippen LogP contribution in [0.25, 0.3) is 0 Å². The maximum Gasteiger partial charge on any atom is 0.416 e. The number of ether oxygens (including phenoxy) is 3. The summed E-state index contributed by atoms with van der Waals surface area (Å²) in [5.41, 5.74) is -0.494. The molecule has 10 heteroatoms. The van der Waals surface area contributed by atoms with Crippen molar-refractivity contribution in [3.05, 3.63) is 75.4 Å². The average Bonchev–Trinajstić information content (AvgIpc) is 3.32. The lowest BCUT2D eigenvalue weighted by Gasteiger charge is -2.20. The minimum absolute atomic E-state index is 0.0486. The van der Waals surface area contributed by atoms with Crippen molar-refractivity contribution in [2.45, 2.75) is 31.2 Å². The summed E-state index contributed by atoms with van der Waals surface area (Å²) in [6, 6.07) is 11.5. The van der Waals surface area contributed by atoms with E-state index in [1.807, 2.05) is 22.6 Å². The lowest BCUT2D eigenvalue weighted by atomic mass is 9.91. The van der Waals surface area contributed by atoms with E-state index in [2.05, 4.69) is 0 Å². The molecule has 4 rings (SSSR count). The Labute approximate surface area is 212 Å². The van der Waals surface area contributed by atoms with Crippen molar-refractivity contribution in [1.82, 2.24) is 0 Å². The molecular weight excluding hydrogens is 580 g/mol. The minimum Gasteiger partial charge on any atom is -0.484 e. The van der Waals surface area contributed by atoms with Crippen LogP contribution in [-0.2, 0) is 25.2 Å². The largest absolute Gasteiger partial charge is 0.484 e. The summed E-state index contributed by atoms with van der Waals surface area (Å²) in [5, 5.41) is 0. The van der Waals surface area contributed by atoms with E-state index in [9.17, 15) is 27.6 Å². The van der Waals surface area contributed by atoms with Crippen LogP contribution in [0.5, 0.6) is 5.75 Å². The van der Waals surface area contributed by atoms with E-state index in [1.165, 1.54) is 12.1 Å². The van der Waals surface area contributed by atoms with Crippen LogP contribution < -0.4 is 4.74 Å². The predicted octanol–water partition coefficient (Wildman–Crippen LogP) is 4.99. The number of esters is 2. The fourth-order valence-corrected chi connectivity index (χ4v) is 4.77. The van der Waals surface area contributed by atoms with Gasteiger partial charge in [0.05, 0.1) is 21.1 Å². The van der Waals surface area contributed by atoms with Gasteiger partial charge in [-0.3, -0.25) is 9.59 Å². The summed E-state index contributed by atoms with van der Waals surface area (Å²) >= 11 is 1.83. The third kappa shape index (κ3) is 6.03. The molecule has 4 atom stereocenters. The van der Waals surface area contributed by atoms with E-state index in [4.69, 9.17) is 14.2 Å². The highest BCUT2D eigenvalue weighted by atomic mass is 127. The summed E-state index contributed by atoms with van der Waals surface area (Å²) in [7, 11) is 0. The first-order valence-electron chi connectivity index (χ1n) is 10.8. The maximum atomic E-state index is 13.0. The van der Waals surface area contributed by atoms with Gasteiger partial charge in [0.15, 0.2) is 12.4 Å². The zero-order chi connectivity index (χ0) is 25.2. The Morgan fingerprint density at radius 3 is 2.60 bits per heavy atom. The number of hydrogen-bond acceptors (Lipinski definition) is 6. The van der Waals surface area contributed by atoms with Crippen molar-refractivity contribution in [3.63, 3.8) is 0 Å². The van der Waals surface area contributed by atoms with Crippen LogP contribution >= 0.6 is 22.6 Å². The number of rotatable bonds is 7. The predicted molar refractivity (Wildman–Crippen MR) is 126 cm³/mol. The van der Waals surface area contributed by atoms with Crippen LogP contribution in [-0.4, -0.2) is 36.5 Å². The summed E-state index contributed by atoms with van der Waals surface area (Å²) in [6.45, 7) is -0.474. The highest BCUT2D eigenvalue weighted by Gasteiger charge is 2.50. The zero-order valence-corrected chi connectivity index (χ0v) is 20.3. The molecule has 1 heterocycles. The molecule has 0 amide bonds. The summed E-state index contributed by atoms with van der Waals surface area (Å²) < 4.78 is 55.6. The van der Waals surface area contributed by atoms with Crippen molar-refractivity contribution in [2.24, 2.45) is 11.8 Å². The van der Waals surface area contributed by atoms with Crippen molar-refractivity contribution in [3.8, 4) is 5.75 Å². The first kappa shape index (κ1) is 25.2. The van der Waals surface area contributed by atoms with Crippen molar-refractivity contribution >= 4 is 40.3 Å². The Hall–Kier alpha value is -2.89. The van der Waals surface area contributed by atoms with E-state index in [0.29, 0.717) is 15.6 Å². The molecule has 1 aliphatic carbocycles. The quantitative estimate of drug-likeness (QED) is 0.253. The monoisotopic (exact) mass is 600 g/mol. The number of halogens is 4. The second-order valence-corrected chi connectivity index (χ2v) is 9.44. The molecule has 2 aromatic rings. The number of carbonyl (C=O) groups is 3. The van der Waals surface area contributed by atoms with E-state index < -0.39 is 48.2 Å². The van der Waals surface area contributed by atoms with Gasteiger partial charge in [-0.1, -0.05) is 24.3 Å². The van der Waals surface area contributed by atoms with Gasteiger partial charge in [-0.25, -0.2) is 4.79 Å². The van der Waals surface area contributed by atoms with Gasteiger partial charge in [0, 0.05) is 18.3 Å². The van der Waals surface area contributed by atoms with Gasteiger partial charge in [0.25, 0.3) is 0 Å².